The number of nitrogens with one attached hydrogen (secondary N) is 2. The molecule has 0 atom stereocenters. The number of hydrogen-bond acceptors (Lipinski definition) is 7. The minimum absolute atomic E-state index is 0.0560. The minimum Gasteiger partial charge on any atom is -0.380 e. The van der Waals surface area contributed by atoms with E-state index in [-0.39, 0.29) is 11.4 Å². The molecular weight excluding hydrogens is 511 g/mol. The number of anilines is 1. The van der Waals surface area contributed by atoms with Gasteiger partial charge in [-0.2, -0.15) is 13.2 Å². The Morgan fingerprint density at radius 3 is 2.38 bits per heavy atom. The zero-order valence-electron chi connectivity index (χ0n) is 20.3. The van der Waals surface area contributed by atoms with Gasteiger partial charge in [0.15, 0.2) is 0 Å². The Morgan fingerprint density at radius 1 is 1.03 bits per heavy atom. The van der Waals surface area contributed by atoms with Crippen molar-refractivity contribution in [2.45, 2.75) is 24.2 Å². The molecule has 1 heterocycles. The summed E-state index contributed by atoms with van der Waals surface area (Å²) < 4.78 is 78.2. The summed E-state index contributed by atoms with van der Waals surface area (Å²) in [5.74, 6) is 0. The highest BCUT2D eigenvalue weighted by molar-refractivity contribution is 7.89. The zero-order chi connectivity index (χ0) is 26.9. The van der Waals surface area contributed by atoms with Crippen molar-refractivity contribution in [2.24, 2.45) is 5.73 Å². The molecule has 13 heteroatoms. The first-order chi connectivity index (χ1) is 17.6. The zero-order valence-corrected chi connectivity index (χ0v) is 21.1. The predicted octanol–water partition coefficient (Wildman–Crippen LogP) is 3.08. The van der Waals surface area contributed by atoms with Gasteiger partial charge in [0.25, 0.3) is 0 Å². The van der Waals surface area contributed by atoms with Crippen LogP contribution < -0.4 is 15.8 Å². The molecule has 0 bridgehead atoms. The van der Waals surface area contributed by atoms with Crippen molar-refractivity contribution in [1.82, 2.24) is 14.3 Å². The number of ether oxygens (including phenoxy) is 2. The lowest BCUT2D eigenvalue weighted by Gasteiger charge is -2.14. The van der Waals surface area contributed by atoms with Gasteiger partial charge in [0.1, 0.15) is 0 Å². The van der Waals surface area contributed by atoms with E-state index < -0.39 is 21.8 Å². The summed E-state index contributed by atoms with van der Waals surface area (Å²) >= 11 is 0. The lowest BCUT2D eigenvalue weighted by molar-refractivity contribution is -0.137. The number of nitrogens with two attached hydrogens (primary N) is 1. The van der Waals surface area contributed by atoms with Crippen molar-refractivity contribution in [1.29, 1.82) is 0 Å². The molecular formula is C24H30F3N5O4S. The third-order valence-electron chi connectivity index (χ3n) is 5.37. The quantitative estimate of drug-likeness (QED) is 0.268. The molecule has 0 saturated heterocycles. The third-order valence-corrected chi connectivity index (χ3v) is 6.78. The van der Waals surface area contributed by atoms with Gasteiger partial charge < -0.3 is 25.1 Å². The topological polar surface area (TPSA) is 120 Å². The molecule has 3 aromatic rings. The van der Waals surface area contributed by atoms with E-state index >= 15 is 0 Å². The number of aromatic nitrogens is 2. The van der Waals surface area contributed by atoms with Gasteiger partial charge in [-0.15, -0.1) is 0 Å². The Bertz CT molecular complexity index is 1250. The SMILES string of the molecule is CNS(=O)(=O)c1ccc(NCc2ccc(C(F)(F)F)cc2)c(-c2cn(CCOCCOCCN)cn2)c1. The molecule has 0 amide bonds. The fourth-order valence-electron chi connectivity index (χ4n) is 3.38. The molecule has 0 unspecified atom stereocenters. The average Bonchev–Trinajstić information content (AvgIpc) is 3.35. The summed E-state index contributed by atoms with van der Waals surface area (Å²) in [6.45, 7) is 2.99. The van der Waals surface area contributed by atoms with Crippen molar-refractivity contribution >= 4 is 15.7 Å². The van der Waals surface area contributed by atoms with Crippen LogP contribution >= 0.6 is 0 Å². The monoisotopic (exact) mass is 541 g/mol. The standard InChI is InChI=1S/C24H30F3N5O4S/c1-29-37(33,34)20-6-7-22(30-15-18-2-4-19(5-3-18)24(25,26)27)21(14-20)23-16-32(17-31-23)9-11-36-13-12-35-10-8-28/h2-7,14,16-17,29-30H,8-13,15,28H2,1H3. The van der Waals surface area contributed by atoms with Gasteiger partial charge >= 0.3 is 6.18 Å². The Balaban J connectivity index is 1.74. The first kappa shape index (κ1) is 28.6. The highest BCUT2D eigenvalue weighted by Gasteiger charge is 2.29. The Hall–Kier alpha value is -2.97. The molecule has 2 aromatic carbocycles. The Morgan fingerprint density at radius 2 is 1.73 bits per heavy atom. The van der Waals surface area contributed by atoms with E-state index in [1.165, 1.54) is 31.3 Å². The summed E-state index contributed by atoms with van der Waals surface area (Å²) in [6, 6.07) is 9.38. The number of rotatable bonds is 14. The first-order valence-electron chi connectivity index (χ1n) is 11.5. The highest BCUT2D eigenvalue weighted by Crippen LogP contribution is 2.31. The van der Waals surface area contributed by atoms with Gasteiger partial charge in [-0.1, -0.05) is 12.1 Å². The second-order valence-corrected chi connectivity index (χ2v) is 9.86. The highest BCUT2D eigenvalue weighted by atomic mass is 32.2. The third kappa shape index (κ3) is 8.27. The van der Waals surface area contributed by atoms with E-state index in [2.05, 4.69) is 15.0 Å². The van der Waals surface area contributed by atoms with Crippen LogP contribution in [0.3, 0.4) is 0 Å². The lowest BCUT2D eigenvalue weighted by Crippen LogP contribution is -2.18. The van der Waals surface area contributed by atoms with Gasteiger partial charge in [-0.05, 0) is 42.9 Å². The maximum absolute atomic E-state index is 12.8. The van der Waals surface area contributed by atoms with Crippen LogP contribution in [0.15, 0.2) is 59.9 Å². The molecule has 0 saturated carbocycles. The number of imidazole rings is 1. The molecule has 4 N–H and O–H groups in total. The molecule has 0 aliphatic heterocycles. The summed E-state index contributed by atoms with van der Waals surface area (Å²) in [7, 11) is -2.39. The summed E-state index contributed by atoms with van der Waals surface area (Å²) in [4.78, 5) is 4.47. The van der Waals surface area contributed by atoms with Crippen LogP contribution in [0.2, 0.25) is 0 Å². The van der Waals surface area contributed by atoms with Crippen molar-refractivity contribution in [3.63, 3.8) is 0 Å². The van der Waals surface area contributed by atoms with Crippen LogP contribution in [0.5, 0.6) is 0 Å². The maximum atomic E-state index is 12.8. The summed E-state index contributed by atoms with van der Waals surface area (Å²) in [5.41, 5.74) is 6.89. The number of halogens is 3. The summed E-state index contributed by atoms with van der Waals surface area (Å²) in [5, 5.41) is 3.18. The molecule has 3 rings (SSSR count). The minimum atomic E-state index is -4.41. The van der Waals surface area contributed by atoms with E-state index in [1.807, 2.05) is 4.57 Å². The van der Waals surface area contributed by atoms with Crippen LogP contribution in [0.4, 0.5) is 18.9 Å². The van der Waals surface area contributed by atoms with Crippen LogP contribution in [0.25, 0.3) is 11.3 Å². The molecule has 0 aliphatic carbocycles. The average molecular weight is 542 g/mol. The Kier molecular flexibility index (Phi) is 10.1. The van der Waals surface area contributed by atoms with Crippen molar-refractivity contribution in [3.8, 4) is 11.3 Å². The molecule has 0 aliphatic rings. The molecule has 0 spiro atoms. The van der Waals surface area contributed by atoms with Gasteiger partial charge in [0, 0.05) is 37.1 Å². The molecule has 0 fully saturated rings. The summed E-state index contributed by atoms with van der Waals surface area (Å²) in [6.07, 6.45) is -1.03. The second kappa shape index (κ2) is 13.0. The number of hydrogen-bond donors (Lipinski definition) is 3. The van der Waals surface area contributed by atoms with Crippen molar-refractivity contribution < 1.29 is 31.1 Å². The number of alkyl halides is 3. The molecule has 37 heavy (non-hydrogen) atoms. The van der Waals surface area contributed by atoms with Crippen LogP contribution in [-0.2, 0) is 38.8 Å². The van der Waals surface area contributed by atoms with Gasteiger partial charge in [-0.25, -0.2) is 18.1 Å². The van der Waals surface area contributed by atoms with E-state index in [0.29, 0.717) is 62.0 Å². The largest absolute Gasteiger partial charge is 0.416 e. The van der Waals surface area contributed by atoms with Gasteiger partial charge in [-0.3, -0.25) is 0 Å². The van der Waals surface area contributed by atoms with E-state index in [0.717, 1.165) is 12.1 Å². The second-order valence-electron chi connectivity index (χ2n) is 7.97. The molecule has 9 nitrogen and oxygen atoms in total. The van der Waals surface area contributed by atoms with Gasteiger partial charge in [0.2, 0.25) is 10.0 Å². The van der Waals surface area contributed by atoms with Crippen LogP contribution in [0.1, 0.15) is 11.1 Å². The van der Waals surface area contributed by atoms with E-state index in [1.54, 1.807) is 18.6 Å². The lowest BCUT2D eigenvalue weighted by atomic mass is 10.1. The first-order valence-corrected chi connectivity index (χ1v) is 13.0. The number of nitrogens with zero attached hydrogens (tertiary/aromatic N) is 2. The van der Waals surface area contributed by atoms with Crippen molar-refractivity contribution in [2.75, 3.05) is 45.3 Å². The van der Waals surface area contributed by atoms with Crippen LogP contribution in [-0.4, -0.2) is 58.0 Å². The van der Waals surface area contributed by atoms with E-state index in [9.17, 15) is 21.6 Å². The molecule has 1 aromatic heterocycles. The fraction of sp³-hybridized carbons (Fsp3) is 0.375. The van der Waals surface area contributed by atoms with Crippen LogP contribution in [0, 0.1) is 0 Å². The maximum Gasteiger partial charge on any atom is 0.416 e. The molecule has 202 valence electrons. The fourth-order valence-corrected chi connectivity index (χ4v) is 4.14. The van der Waals surface area contributed by atoms with Gasteiger partial charge in [0.05, 0.1) is 48.9 Å². The van der Waals surface area contributed by atoms with E-state index in [4.69, 9.17) is 15.2 Å². The smallest absolute Gasteiger partial charge is 0.380 e. The van der Waals surface area contributed by atoms with Crippen molar-refractivity contribution in [3.05, 3.63) is 66.1 Å². The predicted molar refractivity (Wildman–Crippen MR) is 133 cm³/mol. The molecule has 0 radical (unpaired) electrons. The number of sulfonamides is 1. The normalized spacial score (nSPS) is 12.1. The number of benzene rings is 2. The Labute approximate surface area is 213 Å².